The van der Waals surface area contributed by atoms with E-state index in [2.05, 4.69) is 4.72 Å². The second kappa shape index (κ2) is 7.32. The van der Waals surface area contributed by atoms with Crippen LogP contribution in [-0.2, 0) is 20.0 Å². The summed E-state index contributed by atoms with van der Waals surface area (Å²) in [6.07, 6.45) is 0.617. The second-order valence-corrected chi connectivity index (χ2v) is 8.13. The van der Waals surface area contributed by atoms with Crippen LogP contribution < -0.4 is 4.72 Å². The Morgan fingerprint density at radius 2 is 1.57 bits per heavy atom. The summed E-state index contributed by atoms with van der Waals surface area (Å²) in [4.78, 5) is -0.00685. The van der Waals surface area contributed by atoms with E-state index in [1.165, 1.54) is 35.6 Å². The van der Waals surface area contributed by atoms with Crippen molar-refractivity contribution in [2.75, 3.05) is 26.7 Å². The highest BCUT2D eigenvalue weighted by Crippen LogP contribution is 2.18. The van der Waals surface area contributed by atoms with Crippen molar-refractivity contribution in [1.82, 2.24) is 9.03 Å². The fraction of sp³-hybridized carbons (Fsp3) is 0.500. The van der Waals surface area contributed by atoms with Crippen LogP contribution in [-0.4, -0.2) is 53.0 Å². The Morgan fingerprint density at radius 3 is 2.00 bits per heavy atom. The minimum Gasteiger partial charge on any atom is -0.395 e. The Balaban J connectivity index is 3.15. The first kappa shape index (κ1) is 18.1. The molecule has 0 unspecified atom stereocenters. The first-order valence-electron chi connectivity index (χ1n) is 6.44. The summed E-state index contributed by atoms with van der Waals surface area (Å²) in [6, 6.07) is 4.97. The third-order valence-electron chi connectivity index (χ3n) is 2.86. The molecule has 1 rings (SSSR count). The van der Waals surface area contributed by atoms with Gasteiger partial charge in [-0.1, -0.05) is 6.92 Å². The molecule has 7 nitrogen and oxygen atoms in total. The normalized spacial score (nSPS) is 12.8. The number of aliphatic hydroxyl groups is 1. The second-order valence-electron chi connectivity index (χ2n) is 4.31. The average Bonchev–Trinajstić information content (AvgIpc) is 2.47. The van der Waals surface area contributed by atoms with Crippen LogP contribution in [0, 0.1) is 0 Å². The summed E-state index contributed by atoms with van der Waals surface area (Å²) in [7, 11) is -6.05. The fourth-order valence-corrected chi connectivity index (χ4v) is 4.02. The number of nitrogens with zero attached hydrogens (tertiary/aromatic N) is 1. The van der Waals surface area contributed by atoms with Gasteiger partial charge in [-0.2, -0.15) is 4.31 Å². The molecule has 1 aromatic rings. The van der Waals surface area contributed by atoms with Gasteiger partial charge in [0, 0.05) is 13.1 Å². The molecular weight excluding hydrogens is 316 g/mol. The third kappa shape index (κ3) is 4.24. The largest absolute Gasteiger partial charge is 0.395 e. The molecule has 0 heterocycles. The molecule has 0 amide bonds. The van der Waals surface area contributed by atoms with Gasteiger partial charge in [-0.25, -0.2) is 21.6 Å². The van der Waals surface area contributed by atoms with Crippen molar-refractivity contribution in [3.63, 3.8) is 0 Å². The summed E-state index contributed by atoms with van der Waals surface area (Å²) < 4.78 is 51.3. The minimum atomic E-state index is -3.74. The quantitative estimate of drug-likeness (QED) is 0.695. The van der Waals surface area contributed by atoms with E-state index in [4.69, 9.17) is 5.11 Å². The predicted octanol–water partition coefficient (Wildman–Crippen LogP) is -0.0123. The molecule has 0 aliphatic carbocycles. The molecule has 0 saturated carbocycles. The molecule has 21 heavy (non-hydrogen) atoms. The summed E-state index contributed by atoms with van der Waals surface area (Å²) in [6.45, 7) is 1.86. The van der Waals surface area contributed by atoms with Crippen LogP contribution in [0.1, 0.15) is 13.3 Å². The zero-order valence-electron chi connectivity index (χ0n) is 12.0. The highest BCUT2D eigenvalue weighted by molar-refractivity contribution is 7.89. The van der Waals surface area contributed by atoms with Gasteiger partial charge in [0.05, 0.1) is 16.4 Å². The molecule has 0 aliphatic heterocycles. The maximum absolute atomic E-state index is 12.4. The molecule has 0 aliphatic rings. The van der Waals surface area contributed by atoms with Crippen molar-refractivity contribution < 1.29 is 21.9 Å². The number of nitrogens with one attached hydrogen (secondary N) is 1. The molecule has 0 fully saturated rings. The van der Waals surface area contributed by atoms with Crippen LogP contribution >= 0.6 is 0 Å². The van der Waals surface area contributed by atoms with Crippen molar-refractivity contribution in [3.8, 4) is 0 Å². The number of aliphatic hydroxyl groups excluding tert-OH is 1. The number of benzene rings is 1. The molecule has 0 aromatic heterocycles. The maximum Gasteiger partial charge on any atom is 0.243 e. The van der Waals surface area contributed by atoms with Gasteiger partial charge in [0.1, 0.15) is 0 Å². The molecule has 9 heteroatoms. The Kier molecular flexibility index (Phi) is 6.29. The third-order valence-corrected chi connectivity index (χ3v) is 6.21. The Bertz CT molecular complexity index is 647. The van der Waals surface area contributed by atoms with Crippen LogP contribution in [0.25, 0.3) is 0 Å². The highest BCUT2D eigenvalue weighted by atomic mass is 32.2. The summed E-state index contributed by atoms with van der Waals surface area (Å²) >= 11 is 0. The molecule has 120 valence electrons. The van der Waals surface area contributed by atoms with Gasteiger partial charge < -0.3 is 5.11 Å². The lowest BCUT2D eigenvalue weighted by molar-refractivity contribution is 0.253. The van der Waals surface area contributed by atoms with E-state index < -0.39 is 20.0 Å². The average molecular weight is 336 g/mol. The van der Waals surface area contributed by atoms with E-state index in [1.807, 2.05) is 6.92 Å². The molecule has 0 spiro atoms. The molecule has 0 bridgehead atoms. The van der Waals surface area contributed by atoms with Gasteiger partial charge >= 0.3 is 0 Å². The zero-order valence-corrected chi connectivity index (χ0v) is 13.6. The maximum atomic E-state index is 12.4. The number of hydrogen-bond donors (Lipinski definition) is 2. The van der Waals surface area contributed by atoms with Gasteiger partial charge in [-0.05, 0) is 37.7 Å². The topological polar surface area (TPSA) is 104 Å². The highest BCUT2D eigenvalue weighted by Gasteiger charge is 2.23. The van der Waals surface area contributed by atoms with Crippen molar-refractivity contribution >= 4 is 20.0 Å². The van der Waals surface area contributed by atoms with E-state index >= 15 is 0 Å². The molecule has 0 radical (unpaired) electrons. The molecule has 0 atom stereocenters. The van der Waals surface area contributed by atoms with Crippen molar-refractivity contribution in [1.29, 1.82) is 0 Å². The lowest BCUT2D eigenvalue weighted by Crippen LogP contribution is -2.34. The first-order valence-corrected chi connectivity index (χ1v) is 9.36. The molecule has 0 saturated heterocycles. The van der Waals surface area contributed by atoms with Crippen LogP contribution in [0.15, 0.2) is 34.1 Å². The van der Waals surface area contributed by atoms with E-state index in [1.54, 1.807) is 0 Å². The number of hydrogen-bond acceptors (Lipinski definition) is 5. The lowest BCUT2D eigenvalue weighted by Gasteiger charge is -2.20. The van der Waals surface area contributed by atoms with Gasteiger partial charge in [0.25, 0.3) is 0 Å². The van der Waals surface area contributed by atoms with Crippen molar-refractivity contribution in [3.05, 3.63) is 24.3 Å². The van der Waals surface area contributed by atoms with E-state index in [0.717, 1.165) is 0 Å². The van der Waals surface area contributed by atoms with Crippen LogP contribution in [0.3, 0.4) is 0 Å². The van der Waals surface area contributed by atoms with E-state index in [0.29, 0.717) is 13.0 Å². The van der Waals surface area contributed by atoms with Gasteiger partial charge in [0.2, 0.25) is 20.0 Å². The fourth-order valence-electron chi connectivity index (χ4n) is 1.77. The van der Waals surface area contributed by atoms with Gasteiger partial charge in [-0.3, -0.25) is 0 Å². The standard InChI is InChI=1S/C12H20N2O5S2/c1-3-8-14(9-10-15)21(18,19)12-6-4-11(5-7-12)20(16,17)13-2/h4-7,13,15H,3,8-10H2,1-2H3. The lowest BCUT2D eigenvalue weighted by atomic mass is 10.4. The summed E-state index contributed by atoms with van der Waals surface area (Å²) in [5.74, 6) is 0. The van der Waals surface area contributed by atoms with Gasteiger partial charge in [0.15, 0.2) is 0 Å². The smallest absolute Gasteiger partial charge is 0.243 e. The summed E-state index contributed by atoms with van der Waals surface area (Å²) in [5, 5.41) is 8.96. The van der Waals surface area contributed by atoms with Crippen LogP contribution in [0.4, 0.5) is 0 Å². The Hall–Kier alpha value is -1.00. The monoisotopic (exact) mass is 336 g/mol. The predicted molar refractivity (Wildman–Crippen MR) is 78.8 cm³/mol. The van der Waals surface area contributed by atoms with Crippen LogP contribution in [0.5, 0.6) is 0 Å². The van der Waals surface area contributed by atoms with Gasteiger partial charge in [-0.15, -0.1) is 0 Å². The Labute approximate surface area is 125 Å². The Morgan fingerprint density at radius 1 is 1.05 bits per heavy atom. The van der Waals surface area contributed by atoms with E-state index in [-0.39, 0.29) is 22.9 Å². The summed E-state index contributed by atoms with van der Waals surface area (Å²) in [5.41, 5.74) is 0. The van der Waals surface area contributed by atoms with E-state index in [9.17, 15) is 16.8 Å². The van der Waals surface area contributed by atoms with Crippen molar-refractivity contribution in [2.45, 2.75) is 23.1 Å². The molecule has 2 N–H and O–H groups in total. The SMILES string of the molecule is CCCN(CCO)S(=O)(=O)c1ccc(S(=O)(=O)NC)cc1. The number of sulfonamides is 2. The first-order chi connectivity index (χ1) is 9.79. The molecular formula is C12H20N2O5S2. The molecule has 1 aromatic carbocycles. The zero-order chi connectivity index (χ0) is 16.1. The number of rotatable bonds is 8. The minimum absolute atomic E-state index is 0.000506. The van der Waals surface area contributed by atoms with Crippen molar-refractivity contribution in [2.24, 2.45) is 0 Å². The van der Waals surface area contributed by atoms with Crippen LogP contribution in [0.2, 0.25) is 0 Å².